The van der Waals surface area contributed by atoms with Gasteiger partial charge in [-0.25, -0.2) is 9.59 Å². The predicted molar refractivity (Wildman–Crippen MR) is 90.6 cm³/mol. The Morgan fingerprint density at radius 3 is 1.39 bits per heavy atom. The molecular formula is C18H18O4S. The van der Waals surface area contributed by atoms with E-state index in [0.29, 0.717) is 11.1 Å². The molecule has 0 radical (unpaired) electrons. The van der Waals surface area contributed by atoms with Gasteiger partial charge < -0.3 is 9.47 Å². The minimum absolute atomic E-state index is 0.324. The van der Waals surface area contributed by atoms with Crippen LogP contribution in [0.3, 0.4) is 0 Å². The van der Waals surface area contributed by atoms with Crippen molar-refractivity contribution in [2.24, 2.45) is 0 Å². The van der Waals surface area contributed by atoms with E-state index in [1.54, 1.807) is 36.0 Å². The summed E-state index contributed by atoms with van der Waals surface area (Å²) in [6, 6.07) is 14.8. The quantitative estimate of drug-likeness (QED) is 0.756. The minimum Gasteiger partial charge on any atom is -0.465 e. The molecule has 23 heavy (non-hydrogen) atoms. The van der Waals surface area contributed by atoms with Gasteiger partial charge in [0.25, 0.3) is 0 Å². The van der Waals surface area contributed by atoms with E-state index in [-0.39, 0.29) is 11.9 Å². The van der Waals surface area contributed by atoms with Gasteiger partial charge in [-0.3, -0.25) is 0 Å². The summed E-state index contributed by atoms with van der Waals surface area (Å²) in [5, 5.41) is 0. The number of esters is 2. The molecule has 120 valence electrons. The fourth-order valence-electron chi connectivity index (χ4n) is 2.00. The summed E-state index contributed by atoms with van der Waals surface area (Å²) in [6.07, 6.45) is 0. The summed E-state index contributed by atoms with van der Waals surface area (Å²) in [5.41, 5.74) is 3.40. The molecule has 0 aliphatic rings. The highest BCUT2D eigenvalue weighted by molar-refractivity contribution is 7.97. The largest absolute Gasteiger partial charge is 0.465 e. The smallest absolute Gasteiger partial charge is 0.337 e. The fraction of sp³-hybridized carbons (Fsp3) is 0.222. The zero-order valence-electron chi connectivity index (χ0n) is 13.1. The number of rotatable bonds is 6. The lowest BCUT2D eigenvalue weighted by Crippen LogP contribution is -2.01. The highest BCUT2D eigenvalue weighted by Crippen LogP contribution is 2.19. The average Bonchev–Trinajstić information content (AvgIpc) is 2.61. The van der Waals surface area contributed by atoms with Crippen molar-refractivity contribution in [3.63, 3.8) is 0 Å². The molecule has 0 amide bonds. The molecule has 0 spiro atoms. The van der Waals surface area contributed by atoms with Crippen LogP contribution in [0.4, 0.5) is 0 Å². The van der Waals surface area contributed by atoms with E-state index < -0.39 is 0 Å². The van der Waals surface area contributed by atoms with Crippen LogP contribution in [0.15, 0.2) is 48.5 Å². The Kier molecular flexibility index (Phi) is 6.23. The van der Waals surface area contributed by atoms with Crippen molar-refractivity contribution in [1.29, 1.82) is 0 Å². The van der Waals surface area contributed by atoms with Crippen LogP contribution in [-0.4, -0.2) is 26.2 Å². The van der Waals surface area contributed by atoms with Crippen molar-refractivity contribution in [3.8, 4) is 0 Å². The third kappa shape index (κ3) is 4.86. The van der Waals surface area contributed by atoms with E-state index in [4.69, 9.17) is 0 Å². The van der Waals surface area contributed by atoms with Gasteiger partial charge in [-0.05, 0) is 35.4 Å². The van der Waals surface area contributed by atoms with E-state index >= 15 is 0 Å². The Morgan fingerprint density at radius 2 is 1.09 bits per heavy atom. The lowest BCUT2D eigenvalue weighted by molar-refractivity contribution is 0.0592. The van der Waals surface area contributed by atoms with Crippen molar-refractivity contribution < 1.29 is 19.1 Å². The van der Waals surface area contributed by atoms with Gasteiger partial charge >= 0.3 is 11.9 Å². The third-order valence-corrected chi connectivity index (χ3v) is 4.36. The molecule has 0 N–H and O–H groups in total. The number of thioether (sulfide) groups is 1. The van der Waals surface area contributed by atoms with Crippen molar-refractivity contribution in [3.05, 3.63) is 70.8 Å². The van der Waals surface area contributed by atoms with Gasteiger partial charge in [0.15, 0.2) is 0 Å². The lowest BCUT2D eigenvalue weighted by atomic mass is 10.1. The first kappa shape index (κ1) is 17.1. The van der Waals surface area contributed by atoms with E-state index in [2.05, 4.69) is 9.47 Å². The first-order valence-electron chi connectivity index (χ1n) is 7.06. The average molecular weight is 330 g/mol. The Bertz CT molecular complexity index is 603. The Hall–Kier alpha value is -2.27. The number of ether oxygens (including phenoxy) is 2. The van der Waals surface area contributed by atoms with Crippen LogP contribution < -0.4 is 0 Å². The molecule has 4 nitrogen and oxygen atoms in total. The fourth-order valence-corrected chi connectivity index (χ4v) is 2.95. The van der Waals surface area contributed by atoms with E-state index in [9.17, 15) is 9.59 Å². The van der Waals surface area contributed by atoms with Crippen LogP contribution in [0.1, 0.15) is 31.8 Å². The Morgan fingerprint density at radius 1 is 0.739 bits per heavy atom. The van der Waals surface area contributed by atoms with E-state index in [1.807, 2.05) is 24.3 Å². The third-order valence-electron chi connectivity index (χ3n) is 3.29. The molecule has 2 rings (SSSR count). The van der Waals surface area contributed by atoms with Gasteiger partial charge in [-0.2, -0.15) is 11.8 Å². The SMILES string of the molecule is COC(=O)c1ccc(CSCc2ccc(C(=O)OC)cc2)cc1. The second-order valence-electron chi connectivity index (χ2n) is 4.87. The number of carbonyl (C=O) groups excluding carboxylic acids is 2. The topological polar surface area (TPSA) is 52.6 Å². The Labute approximate surface area is 139 Å². The van der Waals surface area contributed by atoms with Gasteiger partial charge in [-0.15, -0.1) is 0 Å². The van der Waals surface area contributed by atoms with Crippen molar-refractivity contribution in [2.75, 3.05) is 14.2 Å². The summed E-state index contributed by atoms with van der Waals surface area (Å²) in [5.74, 6) is 1.05. The summed E-state index contributed by atoms with van der Waals surface area (Å²) in [4.78, 5) is 22.7. The van der Waals surface area contributed by atoms with Crippen LogP contribution in [-0.2, 0) is 21.0 Å². The second-order valence-corrected chi connectivity index (χ2v) is 5.86. The zero-order chi connectivity index (χ0) is 16.7. The van der Waals surface area contributed by atoms with Gasteiger partial charge in [0.2, 0.25) is 0 Å². The molecule has 0 aliphatic carbocycles. The molecule has 0 fully saturated rings. The predicted octanol–water partition coefficient (Wildman–Crippen LogP) is 3.69. The summed E-state index contributed by atoms with van der Waals surface area (Å²) in [6.45, 7) is 0. The molecule has 0 saturated carbocycles. The Balaban J connectivity index is 1.85. The highest BCUT2D eigenvalue weighted by Gasteiger charge is 2.06. The monoisotopic (exact) mass is 330 g/mol. The van der Waals surface area contributed by atoms with Crippen molar-refractivity contribution in [1.82, 2.24) is 0 Å². The summed E-state index contributed by atoms with van der Waals surface area (Å²) < 4.78 is 9.35. The molecule has 2 aromatic rings. The van der Waals surface area contributed by atoms with Crippen LogP contribution in [0.25, 0.3) is 0 Å². The standard InChI is InChI=1S/C18H18O4S/c1-21-17(19)15-7-3-13(4-8-15)11-23-12-14-5-9-16(10-6-14)18(20)22-2/h3-10H,11-12H2,1-2H3. The summed E-state index contributed by atoms with van der Waals surface area (Å²) >= 11 is 1.77. The number of methoxy groups -OCH3 is 2. The number of hydrogen-bond acceptors (Lipinski definition) is 5. The summed E-state index contributed by atoms with van der Waals surface area (Å²) in [7, 11) is 2.75. The van der Waals surface area contributed by atoms with Gasteiger partial charge in [0, 0.05) is 11.5 Å². The molecule has 5 heteroatoms. The zero-order valence-corrected chi connectivity index (χ0v) is 13.9. The first-order valence-corrected chi connectivity index (χ1v) is 8.21. The van der Waals surface area contributed by atoms with E-state index in [0.717, 1.165) is 22.6 Å². The molecule has 0 unspecified atom stereocenters. The lowest BCUT2D eigenvalue weighted by Gasteiger charge is -2.05. The van der Waals surface area contributed by atoms with Crippen molar-refractivity contribution >= 4 is 23.7 Å². The molecule has 0 aliphatic heterocycles. The molecule has 0 bridgehead atoms. The van der Waals surface area contributed by atoms with Gasteiger partial charge in [-0.1, -0.05) is 24.3 Å². The van der Waals surface area contributed by atoms with Crippen LogP contribution in [0, 0.1) is 0 Å². The highest BCUT2D eigenvalue weighted by atomic mass is 32.2. The van der Waals surface area contributed by atoms with Crippen LogP contribution >= 0.6 is 11.8 Å². The minimum atomic E-state index is -0.324. The molecular weight excluding hydrogens is 312 g/mol. The van der Waals surface area contributed by atoms with Gasteiger partial charge in [0.05, 0.1) is 25.3 Å². The van der Waals surface area contributed by atoms with Crippen LogP contribution in [0.2, 0.25) is 0 Å². The molecule has 0 saturated heterocycles. The first-order chi connectivity index (χ1) is 11.1. The maximum absolute atomic E-state index is 11.4. The molecule has 2 aromatic carbocycles. The number of carbonyl (C=O) groups is 2. The number of hydrogen-bond donors (Lipinski definition) is 0. The normalized spacial score (nSPS) is 10.2. The van der Waals surface area contributed by atoms with Gasteiger partial charge in [0.1, 0.15) is 0 Å². The maximum atomic E-state index is 11.4. The van der Waals surface area contributed by atoms with Crippen LogP contribution in [0.5, 0.6) is 0 Å². The maximum Gasteiger partial charge on any atom is 0.337 e. The molecule has 0 heterocycles. The second kappa shape index (κ2) is 8.39. The molecule has 0 atom stereocenters. The van der Waals surface area contributed by atoms with Crippen molar-refractivity contribution in [2.45, 2.75) is 11.5 Å². The molecule has 0 aromatic heterocycles. The number of benzene rings is 2. The van der Waals surface area contributed by atoms with E-state index in [1.165, 1.54) is 14.2 Å².